The zero-order chi connectivity index (χ0) is 41.1. The van der Waals surface area contributed by atoms with E-state index in [1.807, 2.05) is 36.0 Å². The maximum atomic E-state index is 13.6. The fourth-order valence-electron chi connectivity index (χ4n) is 8.77. The summed E-state index contributed by atoms with van der Waals surface area (Å²) in [4.78, 5) is 67.8. The molecule has 4 aromatic rings. The van der Waals surface area contributed by atoms with Gasteiger partial charge in [0.05, 0.1) is 44.6 Å². The molecule has 0 radical (unpaired) electrons. The fourth-order valence-corrected chi connectivity index (χ4v) is 8.77. The summed E-state index contributed by atoms with van der Waals surface area (Å²) in [5.41, 5.74) is 7.35. The number of allylic oxidation sites excluding steroid dienone is 1. The van der Waals surface area contributed by atoms with Gasteiger partial charge in [-0.25, -0.2) is 9.78 Å². The molecular weight excluding hydrogens is 733 g/mol. The van der Waals surface area contributed by atoms with Crippen molar-refractivity contribution in [2.24, 2.45) is 22.7 Å². The molecule has 3 aromatic carbocycles. The van der Waals surface area contributed by atoms with E-state index >= 15 is 0 Å². The third-order valence-electron chi connectivity index (χ3n) is 12.0. The predicted octanol–water partition coefficient (Wildman–Crippen LogP) is 7.95. The van der Waals surface area contributed by atoms with Gasteiger partial charge in [-0.05, 0) is 82.7 Å². The summed E-state index contributed by atoms with van der Waals surface area (Å²) in [5.74, 6) is 0.521. The normalized spacial score (nSPS) is 21.4. The van der Waals surface area contributed by atoms with E-state index in [4.69, 9.17) is 19.5 Å². The molecule has 1 aromatic heterocycles. The molecule has 0 saturated carbocycles. The van der Waals surface area contributed by atoms with E-state index in [0.29, 0.717) is 44.2 Å². The largest absolute Gasteiger partial charge is 0.469 e. The molecule has 2 N–H and O–H groups in total. The van der Waals surface area contributed by atoms with Crippen molar-refractivity contribution >= 4 is 45.9 Å². The number of nitrogens with zero attached hydrogens (tertiary/aromatic N) is 4. The van der Waals surface area contributed by atoms with E-state index in [1.54, 1.807) is 0 Å². The van der Waals surface area contributed by atoms with E-state index in [9.17, 15) is 19.2 Å². The van der Waals surface area contributed by atoms with Crippen molar-refractivity contribution in [3.63, 3.8) is 0 Å². The van der Waals surface area contributed by atoms with Gasteiger partial charge in [-0.1, -0.05) is 76.2 Å². The Labute approximate surface area is 340 Å². The second-order valence-corrected chi connectivity index (χ2v) is 16.2. The highest BCUT2D eigenvalue weighted by Gasteiger charge is 2.41. The van der Waals surface area contributed by atoms with Gasteiger partial charge in [0.15, 0.2) is 0 Å². The molecule has 7 rings (SSSR count). The number of H-pyrrole nitrogens is 1. The molecule has 58 heavy (non-hydrogen) atoms. The van der Waals surface area contributed by atoms with Crippen molar-refractivity contribution in [3.8, 4) is 22.4 Å². The van der Waals surface area contributed by atoms with Crippen molar-refractivity contribution in [2.45, 2.75) is 84.3 Å². The topological polar surface area (TPSA) is 146 Å². The minimum Gasteiger partial charge on any atom is -0.469 e. The van der Waals surface area contributed by atoms with E-state index < -0.39 is 12.1 Å². The van der Waals surface area contributed by atoms with Crippen molar-refractivity contribution in [3.05, 3.63) is 84.4 Å². The lowest BCUT2D eigenvalue weighted by atomic mass is 9.94. The summed E-state index contributed by atoms with van der Waals surface area (Å²) >= 11 is 0. The molecule has 3 amide bonds. The van der Waals surface area contributed by atoms with Gasteiger partial charge in [-0.3, -0.25) is 19.4 Å². The third kappa shape index (κ3) is 8.42. The van der Waals surface area contributed by atoms with Gasteiger partial charge in [0.25, 0.3) is 0 Å². The van der Waals surface area contributed by atoms with Crippen molar-refractivity contribution < 1.29 is 28.7 Å². The molecular formula is C46H54N6O6. The quantitative estimate of drug-likeness (QED) is 0.139. The number of hydrogen-bond acceptors (Lipinski definition) is 8. The van der Waals surface area contributed by atoms with Crippen LogP contribution in [0.25, 0.3) is 38.7 Å². The van der Waals surface area contributed by atoms with Crippen LogP contribution in [-0.4, -0.2) is 88.7 Å². The summed E-state index contributed by atoms with van der Waals surface area (Å²) in [6.07, 6.45) is 6.63. The summed E-state index contributed by atoms with van der Waals surface area (Å²) in [6.45, 7) is 9.36. The van der Waals surface area contributed by atoms with Crippen LogP contribution in [0, 0.1) is 17.8 Å². The van der Waals surface area contributed by atoms with Crippen LogP contribution in [0.3, 0.4) is 0 Å². The summed E-state index contributed by atoms with van der Waals surface area (Å²) < 4.78 is 9.60. The minimum absolute atomic E-state index is 0.0126. The number of imidazole rings is 1. The van der Waals surface area contributed by atoms with Crippen LogP contribution in [0.4, 0.5) is 4.79 Å². The van der Waals surface area contributed by atoms with E-state index in [2.05, 4.69) is 84.8 Å². The van der Waals surface area contributed by atoms with Gasteiger partial charge < -0.3 is 29.6 Å². The van der Waals surface area contributed by atoms with Gasteiger partial charge in [0, 0.05) is 42.9 Å². The van der Waals surface area contributed by atoms with Gasteiger partial charge in [0.1, 0.15) is 11.9 Å². The molecule has 0 aliphatic carbocycles. The summed E-state index contributed by atoms with van der Waals surface area (Å²) in [6, 6.07) is 20.5. The molecule has 6 atom stereocenters. The number of benzene rings is 3. The number of fused-ring (bicyclic) bond motifs is 1. The Balaban J connectivity index is 1.00. The van der Waals surface area contributed by atoms with Crippen molar-refractivity contribution in [2.75, 3.05) is 27.3 Å². The Morgan fingerprint density at radius 3 is 2.07 bits per heavy atom. The fraction of sp³-hybridized carbons (Fsp3) is 0.435. The lowest BCUT2D eigenvalue weighted by Crippen LogP contribution is -2.48. The number of carbonyl (C=O) groups is 4. The molecule has 304 valence electrons. The maximum absolute atomic E-state index is 13.6. The highest BCUT2D eigenvalue weighted by Crippen LogP contribution is 2.37. The Morgan fingerprint density at radius 1 is 0.793 bits per heavy atom. The van der Waals surface area contributed by atoms with Gasteiger partial charge in [-0.15, -0.1) is 0 Å². The number of hydrogen-bond donors (Lipinski definition) is 2. The first kappa shape index (κ1) is 40.4. The van der Waals surface area contributed by atoms with Gasteiger partial charge >= 0.3 is 12.1 Å². The number of rotatable bonds is 12. The van der Waals surface area contributed by atoms with Gasteiger partial charge in [-0.2, -0.15) is 0 Å². The average Bonchev–Trinajstić information content (AvgIpc) is 4.07. The number of aliphatic imine (C=N–C) groups is 1. The maximum Gasteiger partial charge on any atom is 0.407 e. The monoisotopic (exact) mass is 786 g/mol. The number of esters is 1. The average molecular weight is 787 g/mol. The van der Waals surface area contributed by atoms with Crippen LogP contribution in [0.1, 0.15) is 83.6 Å². The van der Waals surface area contributed by atoms with Crippen LogP contribution in [0.5, 0.6) is 0 Å². The highest BCUT2D eigenvalue weighted by atomic mass is 16.5. The van der Waals surface area contributed by atoms with Crippen LogP contribution in [0.2, 0.25) is 0 Å². The summed E-state index contributed by atoms with van der Waals surface area (Å²) in [7, 11) is 2.65. The van der Waals surface area contributed by atoms with E-state index in [0.717, 1.165) is 68.7 Å². The molecule has 12 heteroatoms. The number of methoxy groups -OCH3 is 2. The van der Waals surface area contributed by atoms with E-state index in [-0.39, 0.29) is 42.2 Å². The van der Waals surface area contributed by atoms with Crippen LogP contribution in [0.15, 0.2) is 78.1 Å². The second kappa shape index (κ2) is 17.4. The van der Waals surface area contributed by atoms with Crippen LogP contribution in [-0.2, 0) is 23.9 Å². The first-order valence-electron chi connectivity index (χ1n) is 20.5. The van der Waals surface area contributed by atoms with Crippen LogP contribution >= 0.6 is 0 Å². The number of aromatic nitrogens is 2. The number of alkyl carbamates (subject to hydrolysis) is 1. The molecule has 0 spiro atoms. The first-order valence-corrected chi connectivity index (χ1v) is 20.5. The number of nitrogens with one attached hydrogen (secondary N) is 2. The zero-order valence-corrected chi connectivity index (χ0v) is 34.3. The highest BCUT2D eigenvalue weighted by molar-refractivity contribution is 6.03. The molecule has 2 saturated heterocycles. The molecule has 12 nitrogen and oxygen atoms in total. The van der Waals surface area contributed by atoms with Crippen molar-refractivity contribution in [1.29, 1.82) is 0 Å². The Hall–Kier alpha value is -5.78. The molecule has 4 heterocycles. The molecule has 3 aliphatic rings. The first-order chi connectivity index (χ1) is 28.0. The Morgan fingerprint density at radius 2 is 1.41 bits per heavy atom. The number of carbonyl (C=O) groups excluding carboxylic acids is 4. The molecule has 2 fully saturated rings. The molecule has 0 bridgehead atoms. The smallest absolute Gasteiger partial charge is 0.407 e. The van der Waals surface area contributed by atoms with Gasteiger partial charge in [0.2, 0.25) is 11.8 Å². The molecule has 3 aliphatic heterocycles. The summed E-state index contributed by atoms with van der Waals surface area (Å²) in [5, 5.41) is 4.89. The van der Waals surface area contributed by atoms with Crippen molar-refractivity contribution in [1.82, 2.24) is 25.1 Å². The predicted molar refractivity (Wildman–Crippen MR) is 225 cm³/mol. The Kier molecular flexibility index (Phi) is 12.1. The minimum atomic E-state index is -0.663. The standard InChI is InChI=1S/C46H54N6O6/c1-7-29(22-42(53)57-5)44(54)51-25-27(3)17-40(51)38-21-36(23-47-38)31-11-9-30(10-12-31)32-13-14-34-20-35(16-15-33(34)19-32)39-24-48-43(49-39)41-18-28(4)26-52(41)45(55)37(8-2)50-46(56)58-6/h9-16,19-20,23-24,27-29,37,40-41H,7-8,17-18,21-22,25-26H2,1-6H3,(H,48,49)(H,50,56)/t27-,28-,29+,37-,40-,41-/m0/s1. The third-order valence-corrected chi connectivity index (χ3v) is 12.0. The lowest BCUT2D eigenvalue weighted by molar-refractivity contribution is -0.147. The second-order valence-electron chi connectivity index (χ2n) is 16.2. The SMILES string of the molecule is CC[C@H](CC(=O)OC)C(=O)N1C[C@@H](C)C[C@H]1C1=NC=C(c2ccc(-c3ccc4cc(-c5cnc([C@@H]6C[C@H](C)CN6C(=O)[C@H](CC)NC(=O)OC)[nH]5)ccc4c3)cc2)C1. The zero-order valence-electron chi connectivity index (χ0n) is 34.3. The lowest BCUT2D eigenvalue weighted by Gasteiger charge is -2.28. The Bertz CT molecular complexity index is 2240. The number of ether oxygens (including phenoxy) is 2. The van der Waals surface area contributed by atoms with E-state index in [1.165, 1.54) is 14.2 Å². The van der Waals surface area contributed by atoms with Crippen LogP contribution < -0.4 is 5.32 Å². The number of aromatic amines is 1. The number of likely N-dealkylation sites (tertiary alicyclic amines) is 2. The molecule has 0 unspecified atom stereocenters. The number of amides is 3.